The summed E-state index contributed by atoms with van der Waals surface area (Å²) < 4.78 is 11.9. The van der Waals surface area contributed by atoms with Gasteiger partial charge in [-0.05, 0) is 47.9 Å². The van der Waals surface area contributed by atoms with Gasteiger partial charge in [-0.25, -0.2) is 10.4 Å². The number of ether oxygens (including phenoxy) is 2. The van der Waals surface area contributed by atoms with Crippen molar-refractivity contribution in [1.82, 2.24) is 10.4 Å². The zero-order chi connectivity index (χ0) is 19.9. The average Bonchev–Trinajstić information content (AvgIpc) is 3.06. The van der Waals surface area contributed by atoms with Crippen molar-refractivity contribution in [3.05, 3.63) is 47.5 Å². The summed E-state index contributed by atoms with van der Waals surface area (Å²) in [7, 11) is 1.59. The van der Waals surface area contributed by atoms with Crippen molar-refractivity contribution in [2.75, 3.05) is 19.5 Å². The van der Waals surface area contributed by atoms with E-state index in [0.717, 1.165) is 27.8 Å². The fourth-order valence-corrected chi connectivity index (χ4v) is 3.39. The molecular formula is C20H22N4O3S. The second-order valence-electron chi connectivity index (χ2n) is 6.08. The molecule has 2 aromatic carbocycles. The maximum atomic E-state index is 12.1. The van der Waals surface area contributed by atoms with Crippen molar-refractivity contribution >= 4 is 38.8 Å². The molecule has 1 heterocycles. The number of anilines is 1. The smallest absolute Gasteiger partial charge is 0.244 e. The Morgan fingerprint density at radius 3 is 2.93 bits per heavy atom. The van der Waals surface area contributed by atoms with Crippen molar-refractivity contribution in [3.63, 3.8) is 0 Å². The average molecular weight is 398 g/mol. The predicted octanol–water partition coefficient (Wildman–Crippen LogP) is 3.37. The van der Waals surface area contributed by atoms with Crippen molar-refractivity contribution in [2.24, 2.45) is 5.10 Å². The quantitative estimate of drug-likeness (QED) is 0.448. The Bertz CT molecular complexity index is 1000. The summed E-state index contributed by atoms with van der Waals surface area (Å²) in [4.78, 5) is 16.3. The molecule has 7 nitrogen and oxygen atoms in total. The minimum absolute atomic E-state index is 0.206. The summed E-state index contributed by atoms with van der Waals surface area (Å²) in [6.45, 7) is 2.67. The van der Waals surface area contributed by atoms with Gasteiger partial charge in [0.15, 0.2) is 16.6 Å². The maximum absolute atomic E-state index is 12.1. The van der Waals surface area contributed by atoms with Crippen molar-refractivity contribution in [1.29, 1.82) is 0 Å². The van der Waals surface area contributed by atoms with Gasteiger partial charge >= 0.3 is 0 Å². The van der Waals surface area contributed by atoms with Gasteiger partial charge in [-0.15, -0.1) is 0 Å². The van der Waals surface area contributed by atoms with Gasteiger partial charge in [0.2, 0.25) is 5.91 Å². The number of nitrogen functional groups attached to an aromatic ring is 1. The number of hydrogen-bond acceptors (Lipinski definition) is 7. The van der Waals surface area contributed by atoms with E-state index in [-0.39, 0.29) is 12.3 Å². The highest BCUT2D eigenvalue weighted by molar-refractivity contribution is 7.22. The normalized spacial score (nSPS) is 11.1. The molecule has 3 rings (SSSR count). The molecule has 0 atom stereocenters. The maximum Gasteiger partial charge on any atom is 0.244 e. The van der Waals surface area contributed by atoms with Crippen molar-refractivity contribution in [2.45, 2.75) is 19.8 Å². The zero-order valence-corrected chi connectivity index (χ0v) is 16.6. The summed E-state index contributed by atoms with van der Waals surface area (Å²) in [5.74, 6) is 1.11. The van der Waals surface area contributed by atoms with Gasteiger partial charge in [-0.2, -0.15) is 5.10 Å². The Balaban J connectivity index is 1.59. The van der Waals surface area contributed by atoms with Crippen LogP contribution in [-0.2, 0) is 11.2 Å². The first kappa shape index (κ1) is 19.6. The summed E-state index contributed by atoms with van der Waals surface area (Å²) in [5, 5.41) is 4.54. The van der Waals surface area contributed by atoms with Crippen LogP contribution >= 0.6 is 11.3 Å². The first-order chi connectivity index (χ1) is 13.6. The summed E-state index contributed by atoms with van der Waals surface area (Å²) in [5.41, 5.74) is 10.8. The van der Waals surface area contributed by atoms with Crippen LogP contribution in [0.2, 0.25) is 0 Å². The molecule has 0 aliphatic rings. The number of amides is 1. The minimum atomic E-state index is -0.206. The van der Waals surface area contributed by atoms with Gasteiger partial charge in [0.05, 0.1) is 36.6 Å². The van der Waals surface area contributed by atoms with Crippen LogP contribution in [-0.4, -0.2) is 30.8 Å². The first-order valence-electron chi connectivity index (χ1n) is 8.86. The molecule has 0 saturated carbocycles. The second-order valence-corrected chi connectivity index (χ2v) is 7.15. The number of carbonyl (C=O) groups is 1. The molecule has 0 bridgehead atoms. The number of aromatic nitrogens is 1. The van der Waals surface area contributed by atoms with E-state index in [2.05, 4.69) is 15.5 Å². The van der Waals surface area contributed by atoms with Crippen LogP contribution in [0, 0.1) is 0 Å². The van der Waals surface area contributed by atoms with Crippen LogP contribution in [0.4, 0.5) is 5.13 Å². The summed E-state index contributed by atoms with van der Waals surface area (Å²) >= 11 is 1.40. The van der Waals surface area contributed by atoms with Crippen LogP contribution in [0.25, 0.3) is 10.2 Å². The molecule has 146 valence electrons. The van der Waals surface area contributed by atoms with Crippen LogP contribution < -0.4 is 20.6 Å². The Morgan fingerprint density at radius 2 is 2.14 bits per heavy atom. The van der Waals surface area contributed by atoms with E-state index >= 15 is 0 Å². The number of hydrogen-bond donors (Lipinski definition) is 2. The van der Waals surface area contributed by atoms with Crippen LogP contribution in [0.5, 0.6) is 11.5 Å². The molecule has 0 saturated heterocycles. The lowest BCUT2D eigenvalue weighted by atomic mass is 10.1. The Kier molecular flexibility index (Phi) is 6.44. The number of methoxy groups -OCH3 is 1. The number of hydrazone groups is 1. The van der Waals surface area contributed by atoms with Gasteiger partial charge in [0.1, 0.15) is 0 Å². The van der Waals surface area contributed by atoms with E-state index < -0.39 is 0 Å². The Morgan fingerprint density at radius 1 is 1.29 bits per heavy atom. The molecule has 3 N–H and O–H groups in total. The first-order valence-corrected chi connectivity index (χ1v) is 9.68. The summed E-state index contributed by atoms with van der Waals surface area (Å²) in [6.07, 6.45) is 2.71. The van der Waals surface area contributed by atoms with Gasteiger partial charge in [0, 0.05) is 0 Å². The lowest BCUT2D eigenvalue weighted by Gasteiger charge is -2.10. The lowest BCUT2D eigenvalue weighted by Crippen LogP contribution is -2.19. The number of rotatable bonds is 8. The third-order valence-corrected chi connectivity index (χ3v) is 4.73. The molecule has 0 aliphatic heterocycles. The van der Waals surface area contributed by atoms with Gasteiger partial charge in [-0.1, -0.05) is 24.3 Å². The molecule has 0 radical (unpaired) electrons. The topological polar surface area (TPSA) is 98.8 Å². The van der Waals surface area contributed by atoms with E-state index in [1.165, 1.54) is 11.3 Å². The highest BCUT2D eigenvalue weighted by Gasteiger charge is 2.07. The summed E-state index contributed by atoms with van der Waals surface area (Å²) in [6, 6.07) is 11.1. The van der Waals surface area contributed by atoms with Crippen LogP contribution in [0.1, 0.15) is 24.5 Å². The number of nitrogens with zero attached hydrogens (tertiary/aromatic N) is 2. The van der Waals surface area contributed by atoms with E-state index in [4.69, 9.17) is 15.2 Å². The molecule has 1 aromatic heterocycles. The number of carbonyl (C=O) groups excluding carboxylic acids is 1. The molecule has 1 amide bonds. The third kappa shape index (κ3) is 4.98. The highest BCUT2D eigenvalue weighted by Crippen LogP contribution is 2.27. The van der Waals surface area contributed by atoms with Crippen molar-refractivity contribution < 1.29 is 14.3 Å². The zero-order valence-electron chi connectivity index (χ0n) is 15.8. The standard InChI is InChI=1S/C20H22N4O3S/c1-3-8-27-16-7-5-14(9-17(16)26-2)12-22-24-19(25)11-13-4-6-15-18(10-13)28-20(21)23-15/h4-7,9-10,12H,3,8,11H2,1-2H3,(H2,21,23)(H,24,25)/b22-12-. The SMILES string of the molecule is CCCOc1ccc(/C=N\NC(=O)Cc2ccc3nc(N)sc3c2)cc1OC. The number of thiazole rings is 1. The molecular weight excluding hydrogens is 376 g/mol. The van der Waals surface area contributed by atoms with Crippen LogP contribution in [0.15, 0.2) is 41.5 Å². The van der Waals surface area contributed by atoms with E-state index in [1.807, 2.05) is 43.3 Å². The Hall–Kier alpha value is -3.13. The van der Waals surface area contributed by atoms with Crippen LogP contribution in [0.3, 0.4) is 0 Å². The largest absolute Gasteiger partial charge is 0.493 e. The van der Waals surface area contributed by atoms with E-state index in [9.17, 15) is 4.79 Å². The van der Waals surface area contributed by atoms with Crippen molar-refractivity contribution in [3.8, 4) is 11.5 Å². The molecule has 28 heavy (non-hydrogen) atoms. The third-order valence-electron chi connectivity index (χ3n) is 3.89. The van der Waals surface area contributed by atoms with E-state index in [0.29, 0.717) is 23.2 Å². The number of nitrogens with two attached hydrogens (primary N) is 1. The second kappa shape index (κ2) is 9.18. The monoisotopic (exact) mass is 398 g/mol. The molecule has 0 spiro atoms. The molecule has 0 unspecified atom stereocenters. The molecule has 0 aliphatic carbocycles. The lowest BCUT2D eigenvalue weighted by molar-refractivity contribution is -0.120. The Labute approximate surface area is 167 Å². The number of benzene rings is 2. The number of nitrogens with one attached hydrogen (secondary N) is 1. The molecule has 0 fully saturated rings. The van der Waals surface area contributed by atoms with Gasteiger partial charge in [0.25, 0.3) is 0 Å². The number of fused-ring (bicyclic) bond motifs is 1. The fraction of sp³-hybridized carbons (Fsp3) is 0.250. The molecule has 8 heteroatoms. The predicted molar refractivity (Wildman–Crippen MR) is 112 cm³/mol. The van der Waals surface area contributed by atoms with Gasteiger partial charge in [-0.3, -0.25) is 4.79 Å². The molecule has 3 aromatic rings. The fourth-order valence-electron chi connectivity index (χ4n) is 2.60. The van der Waals surface area contributed by atoms with Gasteiger partial charge < -0.3 is 15.2 Å². The highest BCUT2D eigenvalue weighted by atomic mass is 32.1. The van der Waals surface area contributed by atoms with E-state index in [1.54, 1.807) is 13.3 Å². The minimum Gasteiger partial charge on any atom is -0.493 e.